The zero-order chi connectivity index (χ0) is 20.2. The number of anilines is 1. The Bertz CT molecular complexity index is 941. The van der Waals surface area contributed by atoms with Gasteiger partial charge in [0, 0.05) is 14.1 Å². The maximum atomic E-state index is 13.2. The van der Waals surface area contributed by atoms with Crippen LogP contribution in [0.3, 0.4) is 0 Å². The molecule has 0 atom stereocenters. The molecule has 0 fully saturated rings. The van der Waals surface area contributed by atoms with Crippen LogP contribution in [0, 0.1) is 0 Å². The average molecular weight is 409 g/mol. The van der Waals surface area contributed by atoms with E-state index in [4.69, 9.17) is 16.3 Å². The fraction of sp³-hybridized carbons (Fsp3) is 0.211. The summed E-state index contributed by atoms with van der Waals surface area (Å²) in [5, 5.41) is 0.187. The van der Waals surface area contributed by atoms with Crippen molar-refractivity contribution in [3.63, 3.8) is 0 Å². The third-order valence-corrected chi connectivity index (χ3v) is 5.94. The smallest absolute Gasteiger partial charge is 0.264 e. The van der Waals surface area contributed by atoms with Gasteiger partial charge < -0.3 is 9.64 Å². The number of benzene rings is 2. The Morgan fingerprint density at radius 3 is 2.33 bits per heavy atom. The molecule has 2 aromatic rings. The summed E-state index contributed by atoms with van der Waals surface area (Å²) in [4.78, 5) is 13.6. The van der Waals surface area contributed by atoms with Gasteiger partial charge in [-0.2, -0.15) is 0 Å². The van der Waals surface area contributed by atoms with Crippen molar-refractivity contribution < 1.29 is 17.9 Å². The Balaban J connectivity index is 2.54. The van der Waals surface area contributed by atoms with Gasteiger partial charge in [-0.25, -0.2) is 8.42 Å². The molecule has 27 heavy (non-hydrogen) atoms. The second-order valence-corrected chi connectivity index (χ2v) is 8.13. The topological polar surface area (TPSA) is 66.9 Å². The van der Waals surface area contributed by atoms with Crippen molar-refractivity contribution >= 4 is 33.2 Å². The summed E-state index contributed by atoms with van der Waals surface area (Å²) >= 11 is 6.09. The first-order chi connectivity index (χ1) is 12.7. The summed E-state index contributed by atoms with van der Waals surface area (Å²) in [6, 6.07) is 10.7. The highest BCUT2D eigenvalue weighted by Gasteiger charge is 2.26. The predicted molar refractivity (Wildman–Crippen MR) is 107 cm³/mol. The molecular formula is C19H21ClN2O4S. The quantitative estimate of drug-likeness (QED) is 0.658. The van der Waals surface area contributed by atoms with E-state index in [0.717, 1.165) is 0 Å². The number of nitrogens with zero attached hydrogens (tertiary/aromatic N) is 2. The Kier molecular flexibility index (Phi) is 6.51. The van der Waals surface area contributed by atoms with Gasteiger partial charge in [0.2, 0.25) is 0 Å². The van der Waals surface area contributed by atoms with Crippen molar-refractivity contribution in [2.24, 2.45) is 0 Å². The number of carbonyl (C=O) groups excluding carboxylic acids is 1. The van der Waals surface area contributed by atoms with E-state index in [9.17, 15) is 13.2 Å². The van der Waals surface area contributed by atoms with Gasteiger partial charge in [-0.1, -0.05) is 17.7 Å². The summed E-state index contributed by atoms with van der Waals surface area (Å²) in [6.07, 6.45) is 1.49. The minimum absolute atomic E-state index is 0.0326. The lowest BCUT2D eigenvalue weighted by molar-refractivity contribution is 0.0827. The SMILES string of the molecule is C=CCN(c1ccc(OC)cc1)S(=O)(=O)c1ccc(Cl)c(C(=O)N(C)C)c1. The van der Waals surface area contributed by atoms with Crippen molar-refractivity contribution in [3.8, 4) is 5.75 Å². The van der Waals surface area contributed by atoms with Crippen molar-refractivity contribution in [1.82, 2.24) is 4.90 Å². The number of rotatable bonds is 7. The van der Waals surface area contributed by atoms with E-state index in [-0.39, 0.29) is 27.9 Å². The number of hydrogen-bond donors (Lipinski definition) is 0. The first-order valence-electron chi connectivity index (χ1n) is 8.01. The van der Waals surface area contributed by atoms with Crippen LogP contribution in [0.2, 0.25) is 5.02 Å². The molecule has 8 heteroatoms. The summed E-state index contributed by atoms with van der Waals surface area (Å²) in [6.45, 7) is 3.70. The molecule has 0 saturated carbocycles. The van der Waals surface area contributed by atoms with Gasteiger partial charge >= 0.3 is 0 Å². The van der Waals surface area contributed by atoms with Gasteiger partial charge in [-0.15, -0.1) is 6.58 Å². The summed E-state index contributed by atoms with van der Waals surface area (Å²) in [7, 11) is 0.731. The molecule has 2 aromatic carbocycles. The third-order valence-electron chi connectivity index (χ3n) is 3.82. The van der Waals surface area contributed by atoms with Gasteiger partial charge in [0.05, 0.1) is 34.8 Å². The molecule has 0 aliphatic rings. The maximum Gasteiger partial charge on any atom is 0.264 e. The van der Waals surface area contributed by atoms with Gasteiger partial charge in [-0.05, 0) is 42.5 Å². The lowest BCUT2D eigenvalue weighted by atomic mass is 10.2. The predicted octanol–water partition coefficient (Wildman–Crippen LogP) is 3.43. The van der Waals surface area contributed by atoms with Crippen LogP contribution in [-0.4, -0.2) is 47.0 Å². The minimum Gasteiger partial charge on any atom is -0.497 e. The van der Waals surface area contributed by atoms with Crippen LogP contribution in [0.25, 0.3) is 0 Å². The zero-order valence-corrected chi connectivity index (χ0v) is 16.9. The van der Waals surface area contributed by atoms with E-state index >= 15 is 0 Å². The van der Waals surface area contributed by atoms with Crippen LogP contribution >= 0.6 is 11.6 Å². The minimum atomic E-state index is -3.94. The van der Waals surface area contributed by atoms with Gasteiger partial charge in [0.15, 0.2) is 0 Å². The summed E-state index contributed by atoms with van der Waals surface area (Å²) < 4.78 is 32.7. The molecule has 0 spiro atoms. The second-order valence-electron chi connectivity index (χ2n) is 5.86. The number of halogens is 1. The summed E-state index contributed by atoms with van der Waals surface area (Å²) in [5.41, 5.74) is 0.571. The first kappa shape index (κ1) is 20.8. The number of carbonyl (C=O) groups is 1. The molecule has 0 saturated heterocycles. The number of amides is 1. The monoisotopic (exact) mass is 408 g/mol. The maximum absolute atomic E-state index is 13.2. The average Bonchev–Trinajstić information content (AvgIpc) is 2.65. The normalized spacial score (nSPS) is 11.0. The van der Waals surface area contributed by atoms with Gasteiger partial charge in [0.1, 0.15) is 5.75 Å². The fourth-order valence-corrected chi connectivity index (χ4v) is 4.07. The highest BCUT2D eigenvalue weighted by molar-refractivity contribution is 7.92. The number of methoxy groups -OCH3 is 1. The van der Waals surface area contributed by atoms with E-state index in [1.807, 2.05) is 0 Å². The molecule has 0 aliphatic heterocycles. The van der Waals surface area contributed by atoms with E-state index in [0.29, 0.717) is 11.4 Å². The highest BCUT2D eigenvalue weighted by atomic mass is 35.5. The first-order valence-corrected chi connectivity index (χ1v) is 9.83. The van der Waals surface area contributed by atoms with Crippen molar-refractivity contribution in [2.75, 3.05) is 32.1 Å². The standard InChI is InChI=1S/C19H21ClN2O4S/c1-5-12-22(14-6-8-15(26-4)9-7-14)27(24,25)16-10-11-18(20)17(13-16)19(23)21(2)3/h5-11,13H,1,12H2,2-4H3. The number of hydrogen-bond acceptors (Lipinski definition) is 4. The lowest BCUT2D eigenvalue weighted by Gasteiger charge is -2.24. The zero-order valence-electron chi connectivity index (χ0n) is 15.3. The van der Waals surface area contributed by atoms with Crippen molar-refractivity contribution in [3.05, 3.63) is 65.7 Å². The Labute approximate surface area is 164 Å². The van der Waals surface area contributed by atoms with Gasteiger partial charge in [-0.3, -0.25) is 9.10 Å². The molecule has 0 unspecified atom stereocenters. The molecule has 0 aromatic heterocycles. The molecule has 144 valence electrons. The third kappa shape index (κ3) is 4.43. The van der Waals surface area contributed by atoms with Crippen LogP contribution in [0.4, 0.5) is 5.69 Å². The second kappa shape index (κ2) is 8.45. The van der Waals surface area contributed by atoms with E-state index in [1.54, 1.807) is 38.4 Å². The Morgan fingerprint density at radius 2 is 1.81 bits per heavy atom. The van der Waals surface area contributed by atoms with E-state index in [2.05, 4.69) is 6.58 Å². The van der Waals surface area contributed by atoms with Crippen LogP contribution in [-0.2, 0) is 10.0 Å². The number of sulfonamides is 1. The number of ether oxygens (including phenoxy) is 1. The Hall–Kier alpha value is -2.51. The molecule has 2 rings (SSSR count). The molecule has 0 N–H and O–H groups in total. The molecule has 1 amide bonds. The molecule has 6 nitrogen and oxygen atoms in total. The summed E-state index contributed by atoms with van der Waals surface area (Å²) in [5.74, 6) is 0.233. The molecule has 0 bridgehead atoms. The van der Waals surface area contributed by atoms with Crippen LogP contribution in [0.5, 0.6) is 5.75 Å². The van der Waals surface area contributed by atoms with Gasteiger partial charge in [0.25, 0.3) is 15.9 Å². The largest absolute Gasteiger partial charge is 0.497 e. The molecule has 0 aliphatic carbocycles. The van der Waals surface area contributed by atoms with Crippen LogP contribution in [0.1, 0.15) is 10.4 Å². The molecule has 0 radical (unpaired) electrons. The van der Waals surface area contributed by atoms with Crippen molar-refractivity contribution in [1.29, 1.82) is 0 Å². The van der Waals surface area contributed by atoms with Crippen molar-refractivity contribution in [2.45, 2.75) is 4.90 Å². The lowest BCUT2D eigenvalue weighted by Crippen LogP contribution is -2.31. The highest BCUT2D eigenvalue weighted by Crippen LogP contribution is 2.28. The Morgan fingerprint density at radius 1 is 1.19 bits per heavy atom. The van der Waals surface area contributed by atoms with E-state index in [1.165, 1.54) is 40.6 Å². The van der Waals surface area contributed by atoms with Crippen LogP contribution < -0.4 is 9.04 Å². The van der Waals surface area contributed by atoms with Crippen LogP contribution in [0.15, 0.2) is 60.0 Å². The fourth-order valence-electron chi connectivity index (χ4n) is 2.40. The molecular weight excluding hydrogens is 388 g/mol. The van der Waals surface area contributed by atoms with E-state index < -0.39 is 10.0 Å². The molecule has 0 heterocycles.